The number of hydrogen-bond donors (Lipinski definition) is 0. The summed E-state index contributed by atoms with van der Waals surface area (Å²) in [4.78, 5) is 2.46. The third-order valence-electron chi connectivity index (χ3n) is 10.7. The highest BCUT2D eigenvalue weighted by atomic mass is 15.1. The van der Waals surface area contributed by atoms with Gasteiger partial charge in [-0.05, 0) is 112 Å². The fraction of sp³-hybridized carbons (Fsp3) is 0.0196. The molecular formula is C51H35N. The van der Waals surface area contributed by atoms with E-state index in [9.17, 15) is 0 Å². The molecule has 0 fully saturated rings. The molecular weight excluding hydrogens is 627 g/mol. The average molecular weight is 662 g/mol. The molecule has 0 amide bonds. The number of hydrogen-bond acceptors (Lipinski definition) is 1. The third-order valence-corrected chi connectivity index (χ3v) is 10.7. The lowest BCUT2D eigenvalue weighted by Gasteiger charge is -2.27. The van der Waals surface area contributed by atoms with E-state index in [0.717, 1.165) is 12.2 Å². The molecule has 0 unspecified atom stereocenters. The molecule has 0 spiro atoms. The normalized spacial score (nSPS) is 11.5. The first-order valence-electron chi connectivity index (χ1n) is 18.0. The van der Waals surface area contributed by atoms with Crippen LogP contribution in [-0.2, 0) is 6.54 Å². The van der Waals surface area contributed by atoms with Gasteiger partial charge in [0.1, 0.15) is 0 Å². The van der Waals surface area contributed by atoms with Gasteiger partial charge in [0.2, 0.25) is 0 Å². The molecule has 0 heterocycles. The van der Waals surface area contributed by atoms with Crippen molar-refractivity contribution < 1.29 is 0 Å². The van der Waals surface area contributed by atoms with E-state index in [2.05, 4.69) is 205 Å². The first-order chi connectivity index (χ1) is 25.8. The van der Waals surface area contributed by atoms with Gasteiger partial charge in [-0.25, -0.2) is 0 Å². The molecule has 0 aliphatic carbocycles. The van der Waals surface area contributed by atoms with Crippen molar-refractivity contribution in [3.63, 3.8) is 0 Å². The third kappa shape index (κ3) is 5.18. The maximum atomic E-state index is 2.46. The molecule has 10 aromatic rings. The lowest BCUT2D eigenvalue weighted by Crippen LogP contribution is -2.17. The minimum Gasteiger partial charge on any atom is -0.337 e. The van der Waals surface area contributed by atoms with Crippen molar-refractivity contribution in [1.29, 1.82) is 0 Å². The molecule has 1 nitrogen and oxygen atoms in total. The molecule has 0 aliphatic rings. The molecule has 0 bridgehead atoms. The average Bonchev–Trinajstić information content (AvgIpc) is 3.22. The van der Waals surface area contributed by atoms with E-state index in [0.29, 0.717) is 0 Å². The predicted octanol–water partition coefficient (Wildman–Crippen LogP) is 14.1. The van der Waals surface area contributed by atoms with Crippen LogP contribution in [0, 0.1) is 0 Å². The van der Waals surface area contributed by atoms with Crippen LogP contribution in [0.15, 0.2) is 200 Å². The summed E-state index contributed by atoms with van der Waals surface area (Å²) in [5, 5.41) is 12.8. The van der Waals surface area contributed by atoms with E-state index >= 15 is 0 Å². The standard InChI is InChI=1S/C51H35N/c1-2-12-35(13-3-1)44-18-8-7-17-41(44)34-52(43-29-31-46-40(32-43)23-22-36-14-4-9-19-45(36)46)42-27-24-38(25-28-42)50-33-39-16-6-11-21-48(39)51-47-20-10-5-15-37(47)26-30-49(50)51/h1-33H,34H2. The SMILES string of the molecule is c1ccc(-c2ccccc2CN(c2ccc(-c3cc4ccccc4c4c3ccc3ccccc34)cc2)c2ccc3c(ccc4ccccc43)c2)cc1. The minimum atomic E-state index is 0.731. The van der Waals surface area contributed by atoms with Crippen LogP contribution < -0.4 is 4.90 Å². The van der Waals surface area contributed by atoms with Gasteiger partial charge < -0.3 is 4.90 Å². The van der Waals surface area contributed by atoms with Crippen LogP contribution in [0.2, 0.25) is 0 Å². The Hall–Kier alpha value is -6.70. The van der Waals surface area contributed by atoms with Crippen molar-refractivity contribution in [2.75, 3.05) is 4.90 Å². The Kier molecular flexibility index (Phi) is 7.29. The number of benzene rings is 10. The minimum absolute atomic E-state index is 0.731. The molecule has 0 N–H and O–H groups in total. The Morgan fingerprint density at radius 3 is 1.63 bits per heavy atom. The Labute approximate surface area is 303 Å². The van der Waals surface area contributed by atoms with Crippen LogP contribution in [0.1, 0.15) is 5.56 Å². The molecule has 244 valence electrons. The van der Waals surface area contributed by atoms with E-state index in [1.165, 1.54) is 87.4 Å². The highest BCUT2D eigenvalue weighted by Crippen LogP contribution is 2.41. The fourth-order valence-corrected chi connectivity index (χ4v) is 8.16. The second-order valence-electron chi connectivity index (χ2n) is 13.7. The molecule has 10 aromatic carbocycles. The molecule has 0 radical (unpaired) electrons. The van der Waals surface area contributed by atoms with Gasteiger partial charge in [-0.15, -0.1) is 0 Å². The van der Waals surface area contributed by atoms with E-state index in [-0.39, 0.29) is 0 Å². The van der Waals surface area contributed by atoms with Crippen molar-refractivity contribution in [3.8, 4) is 22.3 Å². The van der Waals surface area contributed by atoms with E-state index in [1.807, 2.05) is 0 Å². The van der Waals surface area contributed by atoms with Gasteiger partial charge in [0, 0.05) is 17.9 Å². The lowest BCUT2D eigenvalue weighted by atomic mass is 9.90. The van der Waals surface area contributed by atoms with Gasteiger partial charge in [0.15, 0.2) is 0 Å². The smallest absolute Gasteiger partial charge is 0.0487 e. The summed E-state index contributed by atoms with van der Waals surface area (Å²) in [5.41, 5.74) is 8.56. The summed E-state index contributed by atoms with van der Waals surface area (Å²) in [7, 11) is 0. The van der Waals surface area contributed by atoms with Crippen LogP contribution in [-0.4, -0.2) is 0 Å². The zero-order valence-corrected chi connectivity index (χ0v) is 28.7. The maximum Gasteiger partial charge on any atom is 0.0487 e. The van der Waals surface area contributed by atoms with Crippen molar-refractivity contribution in [2.45, 2.75) is 6.54 Å². The second kappa shape index (κ2) is 12.6. The van der Waals surface area contributed by atoms with Gasteiger partial charge in [-0.3, -0.25) is 0 Å². The zero-order chi connectivity index (χ0) is 34.4. The molecule has 52 heavy (non-hydrogen) atoms. The summed E-state index contributed by atoms with van der Waals surface area (Å²) in [6.45, 7) is 0.731. The monoisotopic (exact) mass is 661 g/mol. The van der Waals surface area contributed by atoms with Crippen LogP contribution in [0.3, 0.4) is 0 Å². The second-order valence-corrected chi connectivity index (χ2v) is 13.7. The molecule has 0 atom stereocenters. The Balaban J connectivity index is 1.12. The van der Waals surface area contributed by atoms with Crippen molar-refractivity contribution in [1.82, 2.24) is 0 Å². The quantitative estimate of drug-likeness (QED) is 0.160. The Bertz CT molecular complexity index is 2910. The van der Waals surface area contributed by atoms with Crippen LogP contribution in [0.5, 0.6) is 0 Å². The number of fused-ring (bicyclic) bond motifs is 8. The van der Waals surface area contributed by atoms with Gasteiger partial charge >= 0.3 is 0 Å². The molecule has 10 rings (SSSR count). The summed E-state index contributed by atoms with van der Waals surface area (Å²) >= 11 is 0. The molecule has 0 saturated carbocycles. The lowest BCUT2D eigenvalue weighted by molar-refractivity contribution is 0.979. The summed E-state index contributed by atoms with van der Waals surface area (Å²) in [6.07, 6.45) is 0. The maximum absolute atomic E-state index is 2.46. The Morgan fingerprint density at radius 1 is 0.308 bits per heavy atom. The highest BCUT2D eigenvalue weighted by Gasteiger charge is 2.17. The van der Waals surface area contributed by atoms with Gasteiger partial charge in [0.05, 0.1) is 0 Å². The van der Waals surface area contributed by atoms with E-state index < -0.39 is 0 Å². The van der Waals surface area contributed by atoms with Crippen molar-refractivity contribution >= 4 is 65.2 Å². The number of nitrogens with zero attached hydrogens (tertiary/aromatic N) is 1. The molecule has 0 saturated heterocycles. The number of rotatable bonds is 6. The van der Waals surface area contributed by atoms with E-state index in [4.69, 9.17) is 0 Å². The molecule has 0 aromatic heterocycles. The van der Waals surface area contributed by atoms with Gasteiger partial charge in [-0.1, -0.05) is 170 Å². The fourth-order valence-electron chi connectivity index (χ4n) is 8.16. The van der Waals surface area contributed by atoms with E-state index in [1.54, 1.807) is 0 Å². The van der Waals surface area contributed by atoms with Crippen molar-refractivity contribution in [3.05, 3.63) is 206 Å². The van der Waals surface area contributed by atoms with Crippen LogP contribution in [0.4, 0.5) is 11.4 Å². The molecule has 0 aliphatic heterocycles. The topological polar surface area (TPSA) is 3.24 Å². The predicted molar refractivity (Wildman–Crippen MR) is 224 cm³/mol. The summed E-state index contributed by atoms with van der Waals surface area (Å²) < 4.78 is 0. The summed E-state index contributed by atoms with van der Waals surface area (Å²) in [6, 6.07) is 73.3. The first kappa shape index (κ1) is 30.2. The largest absolute Gasteiger partial charge is 0.337 e. The Morgan fingerprint density at radius 2 is 0.827 bits per heavy atom. The van der Waals surface area contributed by atoms with Gasteiger partial charge in [-0.2, -0.15) is 0 Å². The van der Waals surface area contributed by atoms with Crippen molar-refractivity contribution in [2.24, 2.45) is 0 Å². The van der Waals surface area contributed by atoms with Crippen LogP contribution >= 0.6 is 0 Å². The first-order valence-corrected chi connectivity index (χ1v) is 18.0. The van der Waals surface area contributed by atoms with Crippen LogP contribution in [0.25, 0.3) is 76.1 Å². The zero-order valence-electron chi connectivity index (χ0n) is 28.7. The molecule has 1 heteroatoms. The summed E-state index contributed by atoms with van der Waals surface area (Å²) in [5.74, 6) is 0. The number of anilines is 2. The highest BCUT2D eigenvalue weighted by molar-refractivity contribution is 6.24. The van der Waals surface area contributed by atoms with Gasteiger partial charge in [0.25, 0.3) is 0 Å².